The van der Waals surface area contributed by atoms with Crippen LogP contribution in [0.5, 0.6) is 11.5 Å². The normalized spacial score (nSPS) is 26.4. The fourth-order valence-electron chi connectivity index (χ4n) is 3.34. The predicted octanol–water partition coefficient (Wildman–Crippen LogP) is 1.66. The number of ether oxygens (including phenoxy) is 2. The van der Waals surface area contributed by atoms with E-state index in [9.17, 15) is 4.79 Å². The summed E-state index contributed by atoms with van der Waals surface area (Å²) in [4.78, 5) is 13.8. The molecule has 2 aliphatic rings. The second kappa shape index (κ2) is 6.57. The Hall–Kier alpha value is -1.75. The largest absolute Gasteiger partial charge is 0.486 e. The van der Waals surface area contributed by atoms with Gasteiger partial charge in [0.1, 0.15) is 12.7 Å². The molecule has 1 fully saturated rings. The van der Waals surface area contributed by atoms with Crippen molar-refractivity contribution < 1.29 is 14.3 Å². The molecule has 0 aromatic heterocycles. The lowest BCUT2D eigenvalue weighted by Crippen LogP contribution is -2.47. The van der Waals surface area contributed by atoms with Gasteiger partial charge in [0.15, 0.2) is 11.5 Å². The van der Waals surface area contributed by atoms with Crippen LogP contribution in [0.1, 0.15) is 19.8 Å². The molecule has 0 bridgehead atoms. The monoisotopic (exact) mass is 304 g/mol. The molecule has 0 aliphatic carbocycles. The summed E-state index contributed by atoms with van der Waals surface area (Å²) in [6, 6.07) is 7.77. The average Bonchev–Trinajstić information content (AvgIpc) is 2.54. The van der Waals surface area contributed by atoms with Crippen LogP contribution in [-0.2, 0) is 4.79 Å². The van der Waals surface area contributed by atoms with Gasteiger partial charge >= 0.3 is 0 Å². The molecule has 120 valence electrons. The lowest BCUT2D eigenvalue weighted by atomic mass is 9.86. The Morgan fingerprint density at radius 3 is 2.95 bits per heavy atom. The van der Waals surface area contributed by atoms with Gasteiger partial charge in [-0.1, -0.05) is 19.1 Å². The highest BCUT2D eigenvalue weighted by Gasteiger charge is 2.30. The number of benzene rings is 1. The van der Waals surface area contributed by atoms with Crippen molar-refractivity contribution in [2.75, 3.05) is 26.2 Å². The summed E-state index contributed by atoms with van der Waals surface area (Å²) in [5.74, 6) is 1.73. The molecule has 1 aromatic rings. The van der Waals surface area contributed by atoms with Crippen LogP contribution < -0.4 is 15.2 Å². The predicted molar refractivity (Wildman–Crippen MR) is 83.9 cm³/mol. The summed E-state index contributed by atoms with van der Waals surface area (Å²) in [5, 5.41) is 0. The SMILES string of the molecule is CC(C(N)=O)[C@@H]1CCCN(C[C@H]2COc3ccccc3O2)C1. The number of nitrogens with two attached hydrogens (primary N) is 1. The van der Waals surface area contributed by atoms with E-state index >= 15 is 0 Å². The Bertz CT molecular complexity index is 534. The van der Waals surface area contributed by atoms with Crippen molar-refractivity contribution in [1.82, 2.24) is 4.90 Å². The fraction of sp³-hybridized carbons (Fsp3) is 0.588. The number of amides is 1. The molecule has 0 spiro atoms. The molecule has 0 radical (unpaired) electrons. The number of nitrogens with zero attached hydrogens (tertiary/aromatic N) is 1. The van der Waals surface area contributed by atoms with Crippen molar-refractivity contribution in [2.24, 2.45) is 17.6 Å². The van der Waals surface area contributed by atoms with Crippen LogP contribution in [0, 0.1) is 11.8 Å². The summed E-state index contributed by atoms with van der Waals surface area (Å²) in [7, 11) is 0. The minimum Gasteiger partial charge on any atom is -0.486 e. The molecule has 1 saturated heterocycles. The molecular formula is C17H24N2O3. The number of hydrogen-bond donors (Lipinski definition) is 1. The topological polar surface area (TPSA) is 64.8 Å². The lowest BCUT2D eigenvalue weighted by Gasteiger charge is -2.37. The number of piperidine rings is 1. The first-order chi connectivity index (χ1) is 10.6. The van der Waals surface area contributed by atoms with Gasteiger partial charge in [0.25, 0.3) is 0 Å². The molecule has 1 unspecified atom stereocenters. The molecule has 5 heteroatoms. The average molecular weight is 304 g/mol. The Balaban J connectivity index is 1.56. The Kier molecular flexibility index (Phi) is 4.52. The van der Waals surface area contributed by atoms with E-state index < -0.39 is 0 Å². The van der Waals surface area contributed by atoms with E-state index in [4.69, 9.17) is 15.2 Å². The number of carbonyl (C=O) groups is 1. The van der Waals surface area contributed by atoms with Gasteiger partial charge in [-0.2, -0.15) is 0 Å². The van der Waals surface area contributed by atoms with Gasteiger partial charge in [0.05, 0.1) is 0 Å². The fourth-order valence-corrected chi connectivity index (χ4v) is 3.34. The van der Waals surface area contributed by atoms with Gasteiger partial charge in [-0.15, -0.1) is 0 Å². The number of likely N-dealkylation sites (tertiary alicyclic amines) is 1. The molecular weight excluding hydrogens is 280 g/mol. The maximum Gasteiger partial charge on any atom is 0.220 e. The van der Waals surface area contributed by atoms with Crippen molar-refractivity contribution in [3.63, 3.8) is 0 Å². The standard InChI is InChI=1S/C17H24N2O3/c1-12(17(18)20)13-5-4-8-19(9-13)10-14-11-21-15-6-2-3-7-16(15)22-14/h2-3,6-7,12-14H,4-5,8-11H2,1H3,(H2,18,20)/t12?,13-,14+/m1/s1. The minimum absolute atomic E-state index is 0.0394. The van der Waals surface area contributed by atoms with Crippen LogP contribution in [0.25, 0.3) is 0 Å². The molecule has 1 amide bonds. The van der Waals surface area contributed by atoms with Crippen LogP contribution in [0.3, 0.4) is 0 Å². The lowest BCUT2D eigenvalue weighted by molar-refractivity contribution is -0.123. The third-order valence-corrected chi connectivity index (χ3v) is 4.73. The van der Waals surface area contributed by atoms with E-state index in [1.54, 1.807) is 0 Å². The van der Waals surface area contributed by atoms with Crippen LogP contribution in [-0.4, -0.2) is 43.2 Å². The first-order valence-electron chi connectivity index (χ1n) is 8.03. The first-order valence-corrected chi connectivity index (χ1v) is 8.03. The number of hydrogen-bond acceptors (Lipinski definition) is 4. The molecule has 3 atom stereocenters. The minimum atomic E-state index is -0.196. The molecule has 1 aromatic carbocycles. The van der Waals surface area contributed by atoms with Gasteiger partial charge in [-0.05, 0) is 37.4 Å². The van der Waals surface area contributed by atoms with Crippen molar-refractivity contribution in [2.45, 2.75) is 25.9 Å². The Labute approximate surface area is 131 Å². The van der Waals surface area contributed by atoms with Gasteiger partial charge < -0.3 is 15.2 Å². The summed E-state index contributed by atoms with van der Waals surface area (Å²) in [6.07, 6.45) is 2.22. The van der Waals surface area contributed by atoms with Gasteiger partial charge in [-0.3, -0.25) is 9.69 Å². The molecule has 2 heterocycles. The van der Waals surface area contributed by atoms with E-state index in [-0.39, 0.29) is 17.9 Å². The summed E-state index contributed by atoms with van der Waals surface area (Å²) in [5.41, 5.74) is 5.45. The number of primary amides is 1. The summed E-state index contributed by atoms with van der Waals surface area (Å²) in [6.45, 7) is 5.29. The van der Waals surface area contributed by atoms with E-state index in [2.05, 4.69) is 4.90 Å². The molecule has 3 rings (SSSR count). The molecule has 2 N–H and O–H groups in total. The maximum absolute atomic E-state index is 11.4. The highest BCUT2D eigenvalue weighted by Crippen LogP contribution is 2.31. The quantitative estimate of drug-likeness (QED) is 0.919. The van der Waals surface area contributed by atoms with Gasteiger partial charge in [-0.25, -0.2) is 0 Å². The number of para-hydroxylation sites is 2. The second-order valence-electron chi connectivity index (χ2n) is 6.35. The van der Waals surface area contributed by atoms with Crippen LogP contribution in [0.4, 0.5) is 0 Å². The Morgan fingerprint density at radius 2 is 2.18 bits per heavy atom. The highest BCUT2D eigenvalue weighted by molar-refractivity contribution is 5.76. The zero-order valence-corrected chi connectivity index (χ0v) is 13.0. The van der Waals surface area contributed by atoms with Crippen molar-refractivity contribution in [3.05, 3.63) is 24.3 Å². The number of rotatable bonds is 4. The molecule has 2 aliphatic heterocycles. The third kappa shape index (κ3) is 3.35. The van der Waals surface area contributed by atoms with Crippen LogP contribution in [0.15, 0.2) is 24.3 Å². The zero-order valence-electron chi connectivity index (χ0n) is 13.0. The van der Waals surface area contributed by atoms with Crippen molar-refractivity contribution in [1.29, 1.82) is 0 Å². The molecule has 0 saturated carbocycles. The van der Waals surface area contributed by atoms with Crippen LogP contribution >= 0.6 is 0 Å². The highest BCUT2D eigenvalue weighted by atomic mass is 16.6. The third-order valence-electron chi connectivity index (χ3n) is 4.73. The summed E-state index contributed by atoms with van der Waals surface area (Å²) >= 11 is 0. The number of carbonyl (C=O) groups excluding carboxylic acids is 1. The van der Waals surface area contributed by atoms with E-state index in [1.165, 1.54) is 0 Å². The van der Waals surface area contributed by atoms with Crippen molar-refractivity contribution in [3.8, 4) is 11.5 Å². The summed E-state index contributed by atoms with van der Waals surface area (Å²) < 4.78 is 11.8. The maximum atomic E-state index is 11.4. The van der Waals surface area contributed by atoms with E-state index in [1.807, 2.05) is 31.2 Å². The van der Waals surface area contributed by atoms with Crippen molar-refractivity contribution >= 4 is 5.91 Å². The van der Waals surface area contributed by atoms with E-state index in [0.29, 0.717) is 12.5 Å². The second-order valence-corrected chi connectivity index (χ2v) is 6.35. The van der Waals surface area contributed by atoms with Gasteiger partial charge in [0, 0.05) is 19.0 Å². The van der Waals surface area contributed by atoms with Gasteiger partial charge in [0.2, 0.25) is 5.91 Å². The molecule has 5 nitrogen and oxygen atoms in total. The number of fused-ring (bicyclic) bond motifs is 1. The smallest absolute Gasteiger partial charge is 0.220 e. The first kappa shape index (κ1) is 15.2. The zero-order chi connectivity index (χ0) is 15.5. The van der Waals surface area contributed by atoms with E-state index in [0.717, 1.165) is 44.0 Å². The Morgan fingerprint density at radius 1 is 1.41 bits per heavy atom. The van der Waals surface area contributed by atoms with Crippen LogP contribution in [0.2, 0.25) is 0 Å². The molecule has 22 heavy (non-hydrogen) atoms.